The molecule has 1 aromatic heterocycles. The molecule has 1 aliphatic heterocycles. The fraction of sp³-hybridized carbons (Fsp3) is 0.615. The number of anilines is 1. The smallest absolute Gasteiger partial charge is 0.226 e. The third-order valence-electron chi connectivity index (χ3n) is 3.32. The van der Waals surface area contributed by atoms with Gasteiger partial charge in [-0.3, -0.25) is 4.79 Å². The number of amides is 1. The maximum atomic E-state index is 12.0. The number of hydrogen-bond acceptors (Lipinski definition) is 4. The number of rotatable bonds is 2. The summed E-state index contributed by atoms with van der Waals surface area (Å²) in [6.07, 6.45) is 3.59. The molecule has 1 aliphatic rings. The van der Waals surface area contributed by atoms with Crippen LogP contribution in [0.2, 0.25) is 0 Å². The van der Waals surface area contributed by atoms with Gasteiger partial charge in [0.15, 0.2) is 0 Å². The van der Waals surface area contributed by atoms with Gasteiger partial charge in [-0.15, -0.1) is 0 Å². The first-order valence-electron chi connectivity index (χ1n) is 6.32. The summed E-state index contributed by atoms with van der Waals surface area (Å²) in [5.41, 5.74) is 0.959. The molecule has 2 rings (SSSR count). The van der Waals surface area contributed by atoms with E-state index in [0.717, 1.165) is 37.4 Å². The predicted molar refractivity (Wildman–Crippen MR) is 70.4 cm³/mol. The monoisotopic (exact) mass is 248 g/mol. The molecule has 0 aromatic carbocycles. The maximum Gasteiger partial charge on any atom is 0.226 e. The summed E-state index contributed by atoms with van der Waals surface area (Å²) in [7, 11) is 3.63. The van der Waals surface area contributed by atoms with Crippen molar-refractivity contribution in [2.24, 2.45) is 5.92 Å². The second kappa shape index (κ2) is 5.33. The van der Waals surface area contributed by atoms with Gasteiger partial charge >= 0.3 is 0 Å². The van der Waals surface area contributed by atoms with Crippen molar-refractivity contribution in [3.8, 4) is 0 Å². The third-order valence-corrected chi connectivity index (χ3v) is 3.32. The van der Waals surface area contributed by atoms with E-state index in [1.807, 2.05) is 27.1 Å². The van der Waals surface area contributed by atoms with Gasteiger partial charge in [0.25, 0.3) is 0 Å². The second-order valence-corrected chi connectivity index (χ2v) is 5.04. The van der Waals surface area contributed by atoms with Crippen molar-refractivity contribution in [1.82, 2.24) is 14.9 Å². The fourth-order valence-corrected chi connectivity index (χ4v) is 2.37. The lowest BCUT2D eigenvalue weighted by molar-refractivity contribution is -0.133. The molecule has 0 aliphatic carbocycles. The van der Waals surface area contributed by atoms with Crippen LogP contribution in [0.25, 0.3) is 0 Å². The molecule has 0 spiro atoms. The molecule has 5 nitrogen and oxygen atoms in total. The molecule has 1 aromatic rings. The van der Waals surface area contributed by atoms with Gasteiger partial charge in [-0.05, 0) is 19.8 Å². The van der Waals surface area contributed by atoms with Crippen LogP contribution >= 0.6 is 0 Å². The van der Waals surface area contributed by atoms with Gasteiger partial charge in [0.05, 0.1) is 5.92 Å². The Morgan fingerprint density at radius 2 is 2.22 bits per heavy atom. The average molecular weight is 248 g/mol. The molecule has 5 heteroatoms. The van der Waals surface area contributed by atoms with Gasteiger partial charge in [0.1, 0.15) is 12.1 Å². The molecule has 0 N–H and O–H groups in total. The van der Waals surface area contributed by atoms with E-state index in [1.165, 1.54) is 0 Å². The number of aryl methyl sites for hydroxylation is 1. The summed E-state index contributed by atoms with van der Waals surface area (Å²) in [6.45, 7) is 3.68. The van der Waals surface area contributed by atoms with Crippen molar-refractivity contribution in [2.45, 2.75) is 19.8 Å². The van der Waals surface area contributed by atoms with Crippen molar-refractivity contribution < 1.29 is 4.79 Å². The van der Waals surface area contributed by atoms with E-state index in [9.17, 15) is 4.79 Å². The predicted octanol–water partition coefficient (Wildman–Crippen LogP) is 1.09. The Morgan fingerprint density at radius 3 is 2.89 bits per heavy atom. The van der Waals surface area contributed by atoms with Crippen LogP contribution in [0.15, 0.2) is 12.4 Å². The van der Waals surface area contributed by atoms with E-state index in [2.05, 4.69) is 14.9 Å². The van der Waals surface area contributed by atoms with Crippen LogP contribution in [-0.4, -0.2) is 48.0 Å². The van der Waals surface area contributed by atoms with Gasteiger partial charge in [-0.2, -0.15) is 0 Å². The average Bonchev–Trinajstić information content (AvgIpc) is 2.38. The summed E-state index contributed by atoms with van der Waals surface area (Å²) in [6, 6.07) is 1.97. The van der Waals surface area contributed by atoms with E-state index in [1.54, 1.807) is 11.2 Å². The highest BCUT2D eigenvalue weighted by atomic mass is 16.2. The normalized spacial score (nSPS) is 19.7. The van der Waals surface area contributed by atoms with Crippen molar-refractivity contribution in [1.29, 1.82) is 0 Å². The van der Waals surface area contributed by atoms with Gasteiger partial charge < -0.3 is 9.80 Å². The molecule has 18 heavy (non-hydrogen) atoms. The summed E-state index contributed by atoms with van der Waals surface area (Å²) >= 11 is 0. The molecular formula is C13H20N4O. The van der Waals surface area contributed by atoms with Gasteiger partial charge in [-0.25, -0.2) is 9.97 Å². The Labute approximate surface area is 108 Å². The van der Waals surface area contributed by atoms with Crippen LogP contribution in [0, 0.1) is 12.8 Å². The minimum absolute atomic E-state index is 0.0871. The van der Waals surface area contributed by atoms with E-state index in [4.69, 9.17) is 0 Å². The summed E-state index contributed by atoms with van der Waals surface area (Å²) < 4.78 is 0. The maximum absolute atomic E-state index is 12.0. The first kappa shape index (κ1) is 12.8. The van der Waals surface area contributed by atoms with Gasteiger partial charge in [-0.1, -0.05) is 0 Å². The number of carbonyl (C=O) groups excluding carboxylic acids is 1. The van der Waals surface area contributed by atoms with E-state index in [0.29, 0.717) is 0 Å². The Hall–Kier alpha value is -1.65. The zero-order chi connectivity index (χ0) is 13.1. The molecule has 0 radical (unpaired) electrons. The van der Waals surface area contributed by atoms with Crippen LogP contribution < -0.4 is 4.90 Å². The Kier molecular flexibility index (Phi) is 3.79. The molecular weight excluding hydrogens is 228 g/mol. The standard InChI is InChI=1S/C13H20N4O/c1-10-7-12(15-9-14-10)17-6-4-5-11(8-17)13(18)16(2)3/h7,9,11H,4-6,8H2,1-3H3/t11-/m1/s1. The number of nitrogens with zero attached hydrogens (tertiary/aromatic N) is 4. The lowest BCUT2D eigenvalue weighted by atomic mass is 9.97. The highest BCUT2D eigenvalue weighted by Crippen LogP contribution is 2.22. The summed E-state index contributed by atoms with van der Waals surface area (Å²) in [4.78, 5) is 24.3. The van der Waals surface area contributed by atoms with Crippen LogP contribution in [0.1, 0.15) is 18.5 Å². The lowest BCUT2D eigenvalue weighted by Gasteiger charge is -2.33. The fourth-order valence-electron chi connectivity index (χ4n) is 2.37. The summed E-state index contributed by atoms with van der Waals surface area (Å²) in [5.74, 6) is 1.23. The van der Waals surface area contributed by atoms with Crippen LogP contribution in [0.3, 0.4) is 0 Å². The number of hydrogen-bond donors (Lipinski definition) is 0. The van der Waals surface area contributed by atoms with E-state index in [-0.39, 0.29) is 11.8 Å². The Balaban J connectivity index is 2.09. The molecule has 0 bridgehead atoms. The second-order valence-electron chi connectivity index (χ2n) is 5.04. The zero-order valence-corrected chi connectivity index (χ0v) is 11.3. The summed E-state index contributed by atoms with van der Waals surface area (Å²) in [5, 5.41) is 0. The zero-order valence-electron chi connectivity index (χ0n) is 11.3. The van der Waals surface area contributed by atoms with Crippen molar-refractivity contribution in [3.63, 3.8) is 0 Å². The molecule has 1 saturated heterocycles. The van der Waals surface area contributed by atoms with Crippen molar-refractivity contribution >= 4 is 11.7 Å². The first-order chi connectivity index (χ1) is 8.58. The minimum Gasteiger partial charge on any atom is -0.356 e. The lowest BCUT2D eigenvalue weighted by Crippen LogP contribution is -2.43. The van der Waals surface area contributed by atoms with Crippen molar-refractivity contribution in [2.75, 3.05) is 32.1 Å². The van der Waals surface area contributed by atoms with E-state index < -0.39 is 0 Å². The molecule has 1 amide bonds. The van der Waals surface area contributed by atoms with Crippen molar-refractivity contribution in [3.05, 3.63) is 18.1 Å². The SMILES string of the molecule is Cc1cc(N2CCC[C@@H](C(=O)N(C)C)C2)ncn1. The number of aromatic nitrogens is 2. The molecule has 2 heterocycles. The number of piperidine rings is 1. The molecule has 0 unspecified atom stereocenters. The van der Waals surface area contributed by atoms with Crippen LogP contribution in [0.5, 0.6) is 0 Å². The highest BCUT2D eigenvalue weighted by Gasteiger charge is 2.27. The number of carbonyl (C=O) groups is 1. The van der Waals surface area contributed by atoms with Gasteiger partial charge in [0, 0.05) is 38.9 Å². The Bertz CT molecular complexity index is 433. The largest absolute Gasteiger partial charge is 0.356 e. The molecule has 1 fully saturated rings. The molecule has 98 valence electrons. The van der Waals surface area contributed by atoms with Crippen LogP contribution in [-0.2, 0) is 4.79 Å². The molecule has 1 atom stereocenters. The quantitative estimate of drug-likeness (QED) is 0.786. The Morgan fingerprint density at radius 1 is 1.44 bits per heavy atom. The molecule has 0 saturated carbocycles. The minimum atomic E-state index is 0.0871. The van der Waals surface area contributed by atoms with Gasteiger partial charge in [0.2, 0.25) is 5.91 Å². The van der Waals surface area contributed by atoms with Crippen LogP contribution in [0.4, 0.5) is 5.82 Å². The first-order valence-corrected chi connectivity index (χ1v) is 6.32. The van der Waals surface area contributed by atoms with E-state index >= 15 is 0 Å². The highest BCUT2D eigenvalue weighted by molar-refractivity contribution is 5.79. The third kappa shape index (κ3) is 2.78. The topological polar surface area (TPSA) is 49.3 Å².